The lowest BCUT2D eigenvalue weighted by Crippen LogP contribution is -2.49. The van der Waals surface area contributed by atoms with Crippen molar-refractivity contribution in [3.05, 3.63) is 35.9 Å². The van der Waals surface area contributed by atoms with Crippen molar-refractivity contribution in [2.75, 3.05) is 13.2 Å². The van der Waals surface area contributed by atoms with E-state index in [4.69, 9.17) is 15.6 Å². The third-order valence-corrected chi connectivity index (χ3v) is 3.27. The molecule has 1 heterocycles. The molecule has 0 unspecified atom stereocenters. The van der Waals surface area contributed by atoms with E-state index in [1.54, 1.807) is 0 Å². The van der Waals surface area contributed by atoms with Crippen molar-refractivity contribution in [2.45, 2.75) is 24.9 Å². The van der Waals surface area contributed by atoms with E-state index in [1.807, 2.05) is 30.3 Å². The van der Waals surface area contributed by atoms with Crippen LogP contribution >= 0.6 is 0 Å². The zero-order chi connectivity index (χ0) is 14.5. The molecule has 0 spiro atoms. The van der Waals surface area contributed by atoms with Crippen LogP contribution in [0.25, 0.3) is 0 Å². The van der Waals surface area contributed by atoms with Crippen molar-refractivity contribution >= 4 is 12.0 Å². The van der Waals surface area contributed by atoms with Gasteiger partial charge in [0, 0.05) is 6.61 Å². The number of aliphatic hydroxyl groups excluding tert-OH is 1. The molecule has 108 valence electrons. The number of amides is 2. The summed E-state index contributed by atoms with van der Waals surface area (Å²) in [5.41, 5.74) is 6.68. The van der Waals surface area contributed by atoms with Crippen molar-refractivity contribution < 1.29 is 19.4 Å². The number of cyclic esters (lactones) is 1. The summed E-state index contributed by atoms with van der Waals surface area (Å²) in [5, 5.41) is 8.83. The minimum absolute atomic E-state index is 0.126. The SMILES string of the molecule is N[C@H](CCO)C(=O)N1C(=O)OC[C@H]1Cc1ccccc1. The number of imide groups is 1. The molecule has 20 heavy (non-hydrogen) atoms. The van der Waals surface area contributed by atoms with E-state index in [2.05, 4.69) is 0 Å². The smallest absolute Gasteiger partial charge is 0.417 e. The van der Waals surface area contributed by atoms with E-state index < -0.39 is 18.0 Å². The van der Waals surface area contributed by atoms with Crippen molar-refractivity contribution in [1.29, 1.82) is 0 Å². The third kappa shape index (κ3) is 3.15. The van der Waals surface area contributed by atoms with E-state index in [0.29, 0.717) is 6.42 Å². The highest BCUT2D eigenvalue weighted by molar-refractivity contribution is 5.96. The Kier molecular flexibility index (Phi) is 4.70. The fourth-order valence-corrected chi connectivity index (χ4v) is 2.21. The lowest BCUT2D eigenvalue weighted by molar-refractivity contribution is -0.130. The Morgan fingerprint density at radius 2 is 2.15 bits per heavy atom. The van der Waals surface area contributed by atoms with E-state index in [0.717, 1.165) is 10.5 Å². The number of nitrogens with two attached hydrogens (primary N) is 1. The predicted molar refractivity (Wildman–Crippen MR) is 71.8 cm³/mol. The van der Waals surface area contributed by atoms with Crippen LogP contribution in [0.5, 0.6) is 0 Å². The minimum atomic E-state index is -0.885. The second-order valence-corrected chi connectivity index (χ2v) is 4.75. The van der Waals surface area contributed by atoms with Gasteiger partial charge >= 0.3 is 6.09 Å². The third-order valence-electron chi connectivity index (χ3n) is 3.27. The second kappa shape index (κ2) is 6.49. The molecule has 2 rings (SSSR count). The van der Waals surface area contributed by atoms with E-state index in [1.165, 1.54) is 0 Å². The molecule has 1 aromatic carbocycles. The van der Waals surface area contributed by atoms with Crippen molar-refractivity contribution in [3.8, 4) is 0 Å². The number of rotatable bonds is 5. The molecule has 1 fully saturated rings. The molecule has 1 aliphatic heterocycles. The topological polar surface area (TPSA) is 92.9 Å². The van der Waals surface area contributed by atoms with Crippen LogP contribution in [-0.4, -0.2) is 47.3 Å². The molecule has 0 bridgehead atoms. The summed E-state index contributed by atoms with van der Waals surface area (Å²) in [6.45, 7) is -0.0234. The highest BCUT2D eigenvalue weighted by Gasteiger charge is 2.39. The number of carbonyl (C=O) groups excluding carboxylic acids is 2. The number of aliphatic hydroxyl groups is 1. The van der Waals surface area contributed by atoms with Crippen LogP contribution in [-0.2, 0) is 16.0 Å². The Balaban J connectivity index is 2.08. The summed E-state index contributed by atoms with van der Waals surface area (Å²) < 4.78 is 4.95. The molecule has 0 aliphatic carbocycles. The highest BCUT2D eigenvalue weighted by Crippen LogP contribution is 2.18. The molecule has 0 radical (unpaired) electrons. The largest absolute Gasteiger partial charge is 0.447 e. The minimum Gasteiger partial charge on any atom is -0.447 e. The Morgan fingerprint density at radius 3 is 2.80 bits per heavy atom. The van der Waals surface area contributed by atoms with Gasteiger partial charge in [-0.2, -0.15) is 0 Å². The summed E-state index contributed by atoms with van der Waals surface area (Å²) in [5.74, 6) is -0.498. The average molecular weight is 278 g/mol. The first-order valence-electron chi connectivity index (χ1n) is 6.53. The monoisotopic (exact) mass is 278 g/mol. The molecule has 3 N–H and O–H groups in total. The van der Waals surface area contributed by atoms with Crippen LogP contribution in [0.1, 0.15) is 12.0 Å². The van der Waals surface area contributed by atoms with Crippen molar-refractivity contribution in [3.63, 3.8) is 0 Å². The van der Waals surface area contributed by atoms with Gasteiger partial charge in [-0.15, -0.1) is 0 Å². The molecule has 1 aromatic rings. The van der Waals surface area contributed by atoms with Gasteiger partial charge in [-0.25, -0.2) is 9.69 Å². The number of hydrogen-bond acceptors (Lipinski definition) is 5. The maximum Gasteiger partial charge on any atom is 0.417 e. The molecular formula is C14H18N2O4. The van der Waals surface area contributed by atoms with Gasteiger partial charge in [0.15, 0.2) is 0 Å². The summed E-state index contributed by atoms with van der Waals surface area (Å²) >= 11 is 0. The summed E-state index contributed by atoms with van der Waals surface area (Å²) in [6, 6.07) is 8.33. The Bertz CT molecular complexity index is 477. The Morgan fingerprint density at radius 1 is 1.45 bits per heavy atom. The van der Waals surface area contributed by atoms with E-state index in [9.17, 15) is 9.59 Å². The molecular weight excluding hydrogens is 260 g/mol. The standard InChI is InChI=1S/C14H18N2O4/c15-12(6-7-17)13(18)16-11(9-20-14(16)19)8-10-4-2-1-3-5-10/h1-5,11-12,17H,6-9,15H2/t11-,12-/m1/s1. The normalized spacial score (nSPS) is 19.8. The number of carbonyl (C=O) groups is 2. The molecule has 6 nitrogen and oxygen atoms in total. The fraction of sp³-hybridized carbons (Fsp3) is 0.429. The molecule has 0 aromatic heterocycles. The average Bonchev–Trinajstić information content (AvgIpc) is 2.80. The Labute approximate surface area is 117 Å². The first-order chi connectivity index (χ1) is 9.63. The van der Waals surface area contributed by atoms with Crippen molar-refractivity contribution in [2.24, 2.45) is 5.73 Å². The molecule has 2 atom stereocenters. The van der Waals surface area contributed by atoms with Gasteiger partial charge in [0.1, 0.15) is 6.61 Å². The lowest BCUT2D eigenvalue weighted by atomic mass is 10.0. The number of nitrogens with zero attached hydrogens (tertiary/aromatic N) is 1. The lowest BCUT2D eigenvalue weighted by Gasteiger charge is -2.22. The second-order valence-electron chi connectivity index (χ2n) is 4.75. The van der Waals surface area contributed by atoms with Crippen LogP contribution in [0.15, 0.2) is 30.3 Å². The maximum atomic E-state index is 12.1. The van der Waals surface area contributed by atoms with Gasteiger partial charge in [0.2, 0.25) is 5.91 Å². The zero-order valence-electron chi connectivity index (χ0n) is 11.1. The van der Waals surface area contributed by atoms with Gasteiger partial charge in [-0.05, 0) is 18.4 Å². The fourth-order valence-electron chi connectivity index (χ4n) is 2.21. The van der Waals surface area contributed by atoms with Crippen molar-refractivity contribution in [1.82, 2.24) is 4.90 Å². The van der Waals surface area contributed by atoms with E-state index >= 15 is 0 Å². The number of ether oxygens (including phenoxy) is 1. The Hall–Kier alpha value is -1.92. The van der Waals surface area contributed by atoms with Gasteiger partial charge < -0.3 is 15.6 Å². The molecule has 1 saturated heterocycles. The van der Waals surface area contributed by atoms with Crippen LogP contribution in [0.3, 0.4) is 0 Å². The van der Waals surface area contributed by atoms with Crippen LogP contribution in [0, 0.1) is 0 Å². The van der Waals surface area contributed by atoms with Gasteiger partial charge in [-0.1, -0.05) is 30.3 Å². The molecule has 0 saturated carbocycles. The molecule has 1 aliphatic rings. The first-order valence-corrected chi connectivity index (χ1v) is 6.53. The quantitative estimate of drug-likeness (QED) is 0.807. The summed E-state index contributed by atoms with van der Waals surface area (Å²) in [4.78, 5) is 24.9. The predicted octanol–water partition coefficient (Wildman–Crippen LogP) is 0.286. The number of benzene rings is 1. The summed E-state index contributed by atoms with van der Waals surface area (Å²) in [6.07, 6.45) is -0.00509. The first kappa shape index (κ1) is 14.5. The zero-order valence-corrected chi connectivity index (χ0v) is 11.1. The maximum absolute atomic E-state index is 12.1. The number of hydrogen-bond donors (Lipinski definition) is 2. The van der Waals surface area contributed by atoms with Gasteiger partial charge in [-0.3, -0.25) is 4.79 Å². The van der Waals surface area contributed by atoms with Gasteiger partial charge in [0.05, 0.1) is 12.1 Å². The van der Waals surface area contributed by atoms with Crippen LogP contribution in [0.4, 0.5) is 4.79 Å². The van der Waals surface area contributed by atoms with Gasteiger partial charge in [0.25, 0.3) is 0 Å². The summed E-state index contributed by atoms with van der Waals surface area (Å²) in [7, 11) is 0. The van der Waals surface area contributed by atoms with Crippen LogP contribution < -0.4 is 5.73 Å². The highest BCUT2D eigenvalue weighted by atomic mass is 16.6. The van der Waals surface area contributed by atoms with Crippen LogP contribution in [0.2, 0.25) is 0 Å². The molecule has 6 heteroatoms. The molecule has 2 amide bonds. The van der Waals surface area contributed by atoms with E-state index in [-0.39, 0.29) is 25.7 Å².